The topological polar surface area (TPSA) is 84.0 Å². The monoisotopic (exact) mass is 364 g/mol. The maximum atomic E-state index is 12.7. The van der Waals surface area contributed by atoms with E-state index >= 15 is 0 Å². The average Bonchev–Trinajstić information content (AvgIpc) is 2.77. The Morgan fingerprint density at radius 1 is 1.17 bits per heavy atom. The number of nitrogens with zero attached hydrogens (tertiary/aromatic N) is 2. The first-order chi connectivity index (χ1) is 11.1. The van der Waals surface area contributed by atoms with Gasteiger partial charge in [0.1, 0.15) is 0 Å². The second-order valence-electron chi connectivity index (χ2n) is 5.32. The molecule has 2 aliphatic rings. The third-order valence-electron chi connectivity index (χ3n) is 3.78. The fourth-order valence-corrected chi connectivity index (χ4v) is 4.04. The molecule has 0 N–H and O–H groups in total. The number of halogens is 3. The van der Waals surface area contributed by atoms with Gasteiger partial charge >= 0.3 is 12.3 Å². The Balaban J connectivity index is 1.77. The molecule has 2 amide bonds. The van der Waals surface area contributed by atoms with Crippen molar-refractivity contribution in [3.8, 4) is 0 Å². The highest BCUT2D eigenvalue weighted by atomic mass is 32.2. The van der Waals surface area contributed by atoms with Crippen molar-refractivity contribution < 1.29 is 35.9 Å². The molecule has 2 fully saturated rings. The SMILES string of the molecule is O=C1COC(=O)N1C1CN(S(=O)(=O)c2cccc(C(F)(F)F)c2)C1. The molecule has 0 saturated carbocycles. The van der Waals surface area contributed by atoms with Gasteiger partial charge < -0.3 is 4.74 Å². The minimum Gasteiger partial charge on any atom is -0.439 e. The number of benzene rings is 1. The number of hydrogen-bond donors (Lipinski definition) is 0. The van der Waals surface area contributed by atoms with Crippen molar-refractivity contribution in [2.75, 3.05) is 19.7 Å². The van der Waals surface area contributed by atoms with Crippen molar-refractivity contribution in [2.24, 2.45) is 0 Å². The molecule has 11 heteroatoms. The van der Waals surface area contributed by atoms with Crippen LogP contribution in [0.3, 0.4) is 0 Å². The molecule has 7 nitrogen and oxygen atoms in total. The van der Waals surface area contributed by atoms with Crippen LogP contribution in [-0.2, 0) is 25.7 Å². The Hall–Kier alpha value is -2.14. The molecule has 1 aromatic carbocycles. The van der Waals surface area contributed by atoms with Crippen LogP contribution < -0.4 is 0 Å². The molecular formula is C13H11F3N2O5S. The predicted molar refractivity (Wildman–Crippen MR) is 72.2 cm³/mol. The zero-order chi connectivity index (χ0) is 17.7. The summed E-state index contributed by atoms with van der Waals surface area (Å²) >= 11 is 0. The molecule has 2 heterocycles. The predicted octanol–water partition coefficient (Wildman–Crippen LogP) is 1.06. The molecule has 2 saturated heterocycles. The van der Waals surface area contributed by atoms with Gasteiger partial charge in [-0.15, -0.1) is 0 Å². The van der Waals surface area contributed by atoms with Crippen LogP contribution in [0.4, 0.5) is 18.0 Å². The normalized spacial score (nSPS) is 20.2. The number of amides is 2. The zero-order valence-corrected chi connectivity index (χ0v) is 12.8. The van der Waals surface area contributed by atoms with Gasteiger partial charge in [-0.3, -0.25) is 4.79 Å². The van der Waals surface area contributed by atoms with E-state index in [0.717, 1.165) is 27.4 Å². The molecule has 0 aromatic heterocycles. The van der Waals surface area contributed by atoms with E-state index in [0.29, 0.717) is 6.07 Å². The molecule has 0 spiro atoms. The van der Waals surface area contributed by atoms with Crippen molar-refractivity contribution in [2.45, 2.75) is 17.1 Å². The number of imide groups is 1. The van der Waals surface area contributed by atoms with Crippen LogP contribution in [-0.4, -0.2) is 55.4 Å². The van der Waals surface area contributed by atoms with Crippen molar-refractivity contribution in [1.82, 2.24) is 9.21 Å². The summed E-state index contributed by atoms with van der Waals surface area (Å²) in [5.74, 6) is -0.568. The van der Waals surface area contributed by atoms with Gasteiger partial charge in [0.05, 0.1) is 16.5 Å². The van der Waals surface area contributed by atoms with Crippen molar-refractivity contribution in [3.63, 3.8) is 0 Å². The molecule has 1 aromatic rings. The van der Waals surface area contributed by atoms with E-state index in [1.807, 2.05) is 0 Å². The molecule has 0 bridgehead atoms. The van der Waals surface area contributed by atoms with Crippen LogP contribution in [0, 0.1) is 0 Å². The molecule has 0 radical (unpaired) electrons. The lowest BCUT2D eigenvalue weighted by molar-refractivity contribution is -0.137. The fourth-order valence-electron chi connectivity index (χ4n) is 2.48. The lowest BCUT2D eigenvalue weighted by Crippen LogP contribution is -2.62. The fraction of sp³-hybridized carbons (Fsp3) is 0.385. The summed E-state index contributed by atoms with van der Waals surface area (Å²) < 4.78 is 68.3. The van der Waals surface area contributed by atoms with E-state index in [1.165, 1.54) is 0 Å². The summed E-state index contributed by atoms with van der Waals surface area (Å²) in [6.45, 7) is -0.755. The van der Waals surface area contributed by atoms with Crippen LogP contribution in [0.15, 0.2) is 29.2 Å². The van der Waals surface area contributed by atoms with E-state index in [1.54, 1.807) is 0 Å². The summed E-state index contributed by atoms with van der Waals surface area (Å²) in [4.78, 5) is 23.2. The van der Waals surface area contributed by atoms with E-state index in [9.17, 15) is 31.2 Å². The highest BCUT2D eigenvalue weighted by molar-refractivity contribution is 7.89. The molecule has 2 aliphatic heterocycles. The number of carbonyl (C=O) groups excluding carboxylic acids is 2. The minimum absolute atomic E-state index is 0.181. The van der Waals surface area contributed by atoms with Crippen LogP contribution in [0.2, 0.25) is 0 Å². The van der Waals surface area contributed by atoms with Crippen molar-refractivity contribution in [3.05, 3.63) is 29.8 Å². The Morgan fingerprint density at radius 2 is 1.83 bits per heavy atom. The molecule has 24 heavy (non-hydrogen) atoms. The van der Waals surface area contributed by atoms with Crippen LogP contribution in [0.5, 0.6) is 0 Å². The van der Waals surface area contributed by atoms with E-state index in [4.69, 9.17) is 0 Å². The number of alkyl halides is 3. The smallest absolute Gasteiger partial charge is 0.417 e. The minimum atomic E-state index is -4.66. The van der Waals surface area contributed by atoms with Crippen LogP contribution in [0.25, 0.3) is 0 Å². The Kier molecular flexibility index (Phi) is 3.79. The summed E-state index contributed by atoms with van der Waals surface area (Å²) in [5, 5.41) is 0. The summed E-state index contributed by atoms with van der Waals surface area (Å²) in [6.07, 6.45) is -5.50. The molecule has 0 unspecified atom stereocenters. The summed E-state index contributed by atoms with van der Waals surface area (Å²) in [7, 11) is -4.14. The van der Waals surface area contributed by atoms with Gasteiger partial charge in [0.15, 0.2) is 6.61 Å². The van der Waals surface area contributed by atoms with Gasteiger partial charge in [0.25, 0.3) is 5.91 Å². The van der Waals surface area contributed by atoms with Crippen molar-refractivity contribution in [1.29, 1.82) is 0 Å². The Bertz CT molecular complexity index is 786. The van der Waals surface area contributed by atoms with Crippen molar-refractivity contribution >= 4 is 22.0 Å². The third-order valence-corrected chi connectivity index (χ3v) is 5.61. The number of ether oxygens (including phenoxy) is 1. The largest absolute Gasteiger partial charge is 0.439 e. The second kappa shape index (κ2) is 5.45. The molecular weight excluding hydrogens is 353 g/mol. The zero-order valence-electron chi connectivity index (χ0n) is 12.0. The summed E-state index contributed by atoms with van der Waals surface area (Å²) in [6, 6.07) is 2.73. The second-order valence-corrected chi connectivity index (χ2v) is 7.26. The van der Waals surface area contributed by atoms with Gasteiger partial charge in [-0.25, -0.2) is 18.1 Å². The number of hydrogen-bond acceptors (Lipinski definition) is 5. The highest BCUT2D eigenvalue weighted by Crippen LogP contribution is 2.32. The Morgan fingerprint density at radius 3 is 2.38 bits per heavy atom. The molecule has 3 rings (SSSR count). The van der Waals surface area contributed by atoms with Crippen LogP contribution >= 0.6 is 0 Å². The number of sulfonamides is 1. The maximum Gasteiger partial charge on any atom is 0.417 e. The lowest BCUT2D eigenvalue weighted by atomic mass is 10.1. The van der Waals surface area contributed by atoms with Gasteiger partial charge in [-0.05, 0) is 18.2 Å². The lowest BCUT2D eigenvalue weighted by Gasteiger charge is -2.40. The number of carbonyl (C=O) groups is 2. The quantitative estimate of drug-likeness (QED) is 0.801. The Labute approximate surface area is 134 Å². The highest BCUT2D eigenvalue weighted by Gasteiger charge is 2.47. The van der Waals surface area contributed by atoms with E-state index in [2.05, 4.69) is 4.74 Å². The molecule has 130 valence electrons. The van der Waals surface area contributed by atoms with Gasteiger partial charge in [0, 0.05) is 13.1 Å². The third kappa shape index (κ3) is 2.73. The maximum absolute atomic E-state index is 12.7. The first kappa shape index (κ1) is 16.7. The van der Waals surface area contributed by atoms with Crippen LogP contribution in [0.1, 0.15) is 5.56 Å². The van der Waals surface area contributed by atoms with Gasteiger partial charge in [-0.2, -0.15) is 17.5 Å². The van der Waals surface area contributed by atoms with Gasteiger partial charge in [-0.1, -0.05) is 6.07 Å². The first-order valence-corrected chi connectivity index (χ1v) is 8.21. The summed E-state index contributed by atoms with van der Waals surface area (Å²) in [5.41, 5.74) is -1.07. The molecule has 0 atom stereocenters. The first-order valence-electron chi connectivity index (χ1n) is 6.77. The van der Waals surface area contributed by atoms with E-state index in [-0.39, 0.29) is 13.1 Å². The molecule has 0 aliphatic carbocycles. The number of rotatable bonds is 3. The standard InChI is InChI=1S/C13H11F3N2O5S/c14-13(15,16)8-2-1-3-10(4-8)24(21,22)17-5-9(6-17)18-11(19)7-23-12(18)20/h1-4,9H,5-7H2. The van der Waals surface area contributed by atoms with E-state index < -0.39 is 51.3 Å². The van der Waals surface area contributed by atoms with Gasteiger partial charge in [0.2, 0.25) is 10.0 Å². The number of cyclic esters (lactones) is 1. The average molecular weight is 364 g/mol.